The molecule has 16 heavy (non-hydrogen) atoms. The van der Waals surface area contributed by atoms with E-state index in [2.05, 4.69) is 11.8 Å². The molecular formula is C12H10N2O2. The smallest absolute Gasteiger partial charge is 0.320 e. The van der Waals surface area contributed by atoms with Crippen molar-refractivity contribution in [1.29, 1.82) is 5.26 Å². The normalized spacial score (nSPS) is 10.8. The number of nitrogens with zero attached hydrogens (tertiary/aromatic N) is 1. The second-order valence-electron chi connectivity index (χ2n) is 3.21. The quantitative estimate of drug-likeness (QED) is 0.718. The van der Waals surface area contributed by atoms with Gasteiger partial charge in [-0.1, -0.05) is 18.1 Å². The average molecular weight is 214 g/mol. The van der Waals surface area contributed by atoms with Crippen LogP contribution in [0.2, 0.25) is 0 Å². The topological polar surface area (TPSA) is 87.1 Å². The molecule has 0 spiro atoms. The molecule has 0 fully saturated rings. The zero-order valence-corrected chi connectivity index (χ0v) is 8.47. The lowest BCUT2D eigenvalue weighted by Gasteiger charge is -2.05. The molecular weight excluding hydrogens is 204 g/mol. The Morgan fingerprint density at radius 1 is 1.44 bits per heavy atom. The number of aliphatic carboxylic acids is 1. The maximum Gasteiger partial charge on any atom is 0.320 e. The van der Waals surface area contributed by atoms with E-state index in [0.717, 1.165) is 5.56 Å². The van der Waals surface area contributed by atoms with Crippen LogP contribution in [0.1, 0.15) is 11.1 Å². The summed E-state index contributed by atoms with van der Waals surface area (Å²) in [6.07, 6.45) is 0.279. The Bertz CT molecular complexity index is 474. The lowest BCUT2D eigenvalue weighted by Crippen LogP contribution is -2.32. The molecule has 0 radical (unpaired) electrons. The van der Waals surface area contributed by atoms with Crippen molar-refractivity contribution in [1.82, 2.24) is 0 Å². The first kappa shape index (κ1) is 11.8. The van der Waals surface area contributed by atoms with Crippen molar-refractivity contribution in [3.05, 3.63) is 35.4 Å². The Labute approximate surface area is 93.3 Å². The van der Waals surface area contributed by atoms with Crippen LogP contribution in [0.5, 0.6) is 0 Å². The molecule has 80 valence electrons. The van der Waals surface area contributed by atoms with Crippen molar-refractivity contribution in [2.24, 2.45) is 5.73 Å². The van der Waals surface area contributed by atoms with Crippen LogP contribution in [0.4, 0.5) is 0 Å². The van der Waals surface area contributed by atoms with Gasteiger partial charge in [0.2, 0.25) is 0 Å². The van der Waals surface area contributed by atoms with Crippen LogP contribution in [-0.2, 0) is 11.2 Å². The van der Waals surface area contributed by atoms with Crippen LogP contribution >= 0.6 is 0 Å². The molecule has 1 unspecified atom stereocenters. The molecule has 0 heterocycles. The summed E-state index contributed by atoms with van der Waals surface area (Å²) in [4.78, 5) is 10.5. The van der Waals surface area contributed by atoms with E-state index in [1.54, 1.807) is 30.3 Å². The monoisotopic (exact) mass is 214 g/mol. The predicted molar refractivity (Wildman–Crippen MR) is 58.2 cm³/mol. The number of nitrogens with two attached hydrogens (primary N) is 1. The molecule has 0 amide bonds. The number of carboxylic acid groups (broad SMARTS) is 1. The molecule has 1 aromatic rings. The van der Waals surface area contributed by atoms with Crippen molar-refractivity contribution >= 4 is 5.97 Å². The van der Waals surface area contributed by atoms with Gasteiger partial charge in [-0.15, -0.1) is 0 Å². The van der Waals surface area contributed by atoms with E-state index in [4.69, 9.17) is 16.1 Å². The van der Waals surface area contributed by atoms with E-state index in [9.17, 15) is 4.79 Å². The van der Waals surface area contributed by atoms with Gasteiger partial charge in [-0.2, -0.15) is 5.26 Å². The average Bonchev–Trinajstić information content (AvgIpc) is 2.28. The Morgan fingerprint density at radius 3 is 2.56 bits per heavy atom. The fraction of sp³-hybridized carbons (Fsp3) is 0.167. The van der Waals surface area contributed by atoms with Gasteiger partial charge in [0, 0.05) is 11.5 Å². The molecule has 4 nitrogen and oxygen atoms in total. The second-order valence-corrected chi connectivity index (χ2v) is 3.21. The maximum atomic E-state index is 10.5. The molecule has 1 aromatic carbocycles. The number of carbonyl (C=O) groups is 1. The van der Waals surface area contributed by atoms with Crippen molar-refractivity contribution in [3.63, 3.8) is 0 Å². The molecule has 0 aliphatic carbocycles. The molecule has 0 aliphatic rings. The highest BCUT2D eigenvalue weighted by molar-refractivity contribution is 5.73. The van der Waals surface area contributed by atoms with E-state index in [0.29, 0.717) is 5.56 Å². The maximum absolute atomic E-state index is 10.5. The lowest BCUT2D eigenvalue weighted by atomic mass is 10.1. The predicted octanol–water partition coefficient (Wildman–Crippen LogP) is 0.516. The Morgan fingerprint density at radius 2 is 2.06 bits per heavy atom. The number of nitriles is 1. The lowest BCUT2D eigenvalue weighted by molar-refractivity contribution is -0.138. The van der Waals surface area contributed by atoms with Gasteiger partial charge in [0.05, 0.1) is 0 Å². The first-order valence-corrected chi connectivity index (χ1v) is 4.61. The summed E-state index contributed by atoms with van der Waals surface area (Å²) in [7, 11) is 0. The van der Waals surface area contributed by atoms with Gasteiger partial charge < -0.3 is 10.8 Å². The van der Waals surface area contributed by atoms with Gasteiger partial charge in [-0.05, 0) is 24.1 Å². The fourth-order valence-corrected chi connectivity index (χ4v) is 1.17. The SMILES string of the molecule is N#CC#Cc1ccc(CC(N)C(=O)O)cc1. The van der Waals surface area contributed by atoms with Gasteiger partial charge in [0.1, 0.15) is 6.04 Å². The second kappa shape index (κ2) is 5.55. The summed E-state index contributed by atoms with van der Waals surface area (Å²) >= 11 is 0. The third kappa shape index (κ3) is 3.45. The number of rotatable bonds is 3. The molecule has 0 aliphatic heterocycles. The zero-order valence-electron chi connectivity index (χ0n) is 8.47. The number of benzene rings is 1. The minimum atomic E-state index is -1.02. The summed E-state index contributed by atoms with van der Waals surface area (Å²) in [5.74, 6) is 3.90. The molecule has 4 heteroatoms. The highest BCUT2D eigenvalue weighted by atomic mass is 16.4. The zero-order chi connectivity index (χ0) is 12.0. The van der Waals surface area contributed by atoms with E-state index < -0.39 is 12.0 Å². The summed E-state index contributed by atoms with van der Waals surface area (Å²) in [5.41, 5.74) is 6.94. The first-order chi connectivity index (χ1) is 7.63. The molecule has 0 saturated carbocycles. The largest absolute Gasteiger partial charge is 0.480 e. The summed E-state index contributed by atoms with van der Waals surface area (Å²) in [5, 5.41) is 16.9. The van der Waals surface area contributed by atoms with E-state index in [1.807, 2.05) is 0 Å². The molecule has 1 atom stereocenters. The van der Waals surface area contributed by atoms with Gasteiger partial charge in [-0.25, -0.2) is 0 Å². The Hall–Kier alpha value is -2.30. The van der Waals surface area contributed by atoms with Crippen molar-refractivity contribution in [3.8, 4) is 17.9 Å². The molecule has 0 bridgehead atoms. The van der Waals surface area contributed by atoms with Crippen molar-refractivity contribution < 1.29 is 9.90 Å². The van der Waals surface area contributed by atoms with Crippen LogP contribution in [-0.4, -0.2) is 17.1 Å². The molecule has 0 saturated heterocycles. The number of hydrogen-bond acceptors (Lipinski definition) is 3. The van der Waals surface area contributed by atoms with E-state index >= 15 is 0 Å². The van der Waals surface area contributed by atoms with Gasteiger partial charge in [-0.3, -0.25) is 4.79 Å². The van der Waals surface area contributed by atoms with Gasteiger partial charge in [0.15, 0.2) is 6.07 Å². The first-order valence-electron chi connectivity index (χ1n) is 4.61. The highest BCUT2D eigenvalue weighted by Gasteiger charge is 2.11. The standard InChI is InChI=1S/C12H10N2O2/c13-7-1-2-9-3-5-10(6-4-9)8-11(14)12(15)16/h3-6,11H,8,14H2,(H,15,16). The van der Waals surface area contributed by atoms with Crippen LogP contribution in [0.3, 0.4) is 0 Å². The summed E-state index contributed by atoms with van der Waals surface area (Å²) in [6, 6.07) is 7.80. The van der Waals surface area contributed by atoms with Crippen LogP contribution in [0.25, 0.3) is 0 Å². The van der Waals surface area contributed by atoms with E-state index in [-0.39, 0.29) is 6.42 Å². The Kier molecular flexibility index (Phi) is 4.08. The third-order valence-electron chi connectivity index (χ3n) is 1.99. The Balaban J connectivity index is 2.73. The van der Waals surface area contributed by atoms with Crippen molar-refractivity contribution in [2.45, 2.75) is 12.5 Å². The number of hydrogen-bond donors (Lipinski definition) is 2. The minimum Gasteiger partial charge on any atom is -0.480 e. The van der Waals surface area contributed by atoms with Crippen LogP contribution in [0, 0.1) is 23.2 Å². The molecule has 0 aromatic heterocycles. The van der Waals surface area contributed by atoms with Gasteiger partial charge >= 0.3 is 5.97 Å². The van der Waals surface area contributed by atoms with Gasteiger partial charge in [0.25, 0.3) is 0 Å². The summed E-state index contributed by atoms with van der Waals surface area (Å²) < 4.78 is 0. The third-order valence-corrected chi connectivity index (χ3v) is 1.99. The molecule has 1 rings (SSSR count). The minimum absolute atomic E-state index is 0.279. The van der Waals surface area contributed by atoms with Crippen LogP contribution in [0.15, 0.2) is 24.3 Å². The van der Waals surface area contributed by atoms with E-state index in [1.165, 1.54) is 0 Å². The highest BCUT2D eigenvalue weighted by Crippen LogP contribution is 2.05. The summed E-state index contributed by atoms with van der Waals surface area (Å²) in [6.45, 7) is 0. The fourth-order valence-electron chi connectivity index (χ4n) is 1.17. The van der Waals surface area contributed by atoms with Crippen LogP contribution < -0.4 is 5.73 Å². The van der Waals surface area contributed by atoms with Crippen molar-refractivity contribution in [2.75, 3.05) is 0 Å². The number of carboxylic acids is 1. The molecule has 3 N–H and O–H groups in total.